The molecule has 2 N–H and O–H groups in total. The number of anilines is 2. The van der Waals surface area contributed by atoms with Crippen molar-refractivity contribution in [2.24, 2.45) is 5.92 Å². The lowest BCUT2D eigenvalue weighted by molar-refractivity contribution is -0.140. The zero-order valence-electron chi connectivity index (χ0n) is 13.5. The van der Waals surface area contributed by atoms with Crippen molar-refractivity contribution in [2.75, 3.05) is 24.3 Å². The van der Waals surface area contributed by atoms with E-state index >= 15 is 0 Å². The summed E-state index contributed by atoms with van der Waals surface area (Å²) in [6.45, 7) is 0.315. The van der Waals surface area contributed by atoms with Gasteiger partial charge >= 0.3 is 5.97 Å². The maximum absolute atomic E-state index is 12.3. The van der Waals surface area contributed by atoms with Crippen molar-refractivity contribution < 1.29 is 19.1 Å². The summed E-state index contributed by atoms with van der Waals surface area (Å²) in [6, 6.07) is 12.1. The van der Waals surface area contributed by atoms with Gasteiger partial charge in [-0.25, -0.2) is 0 Å². The molecule has 1 amide bonds. The molecule has 25 heavy (non-hydrogen) atoms. The molecule has 2 aromatic rings. The van der Waals surface area contributed by atoms with Crippen molar-refractivity contribution in [2.45, 2.75) is 6.42 Å². The van der Waals surface area contributed by atoms with Crippen LogP contribution in [0.2, 0.25) is 5.02 Å². The molecule has 0 spiro atoms. The number of hydrogen-bond donors (Lipinski definition) is 2. The lowest BCUT2D eigenvalue weighted by atomic mass is 10.1. The van der Waals surface area contributed by atoms with E-state index in [1.54, 1.807) is 30.3 Å². The van der Waals surface area contributed by atoms with Crippen LogP contribution in [0.1, 0.15) is 6.42 Å². The third-order valence-electron chi connectivity index (χ3n) is 3.85. The van der Waals surface area contributed by atoms with Gasteiger partial charge in [0.05, 0.1) is 29.4 Å². The number of methoxy groups -OCH3 is 1. The molecule has 1 atom stereocenters. The van der Waals surface area contributed by atoms with Crippen LogP contribution in [0.15, 0.2) is 42.5 Å². The number of carbonyl (C=O) groups excluding carboxylic acids is 2. The smallest absolute Gasteiger partial charge is 0.316 e. The van der Waals surface area contributed by atoms with Gasteiger partial charge in [0.1, 0.15) is 5.75 Å². The van der Waals surface area contributed by atoms with Gasteiger partial charge in [-0.1, -0.05) is 23.7 Å². The summed E-state index contributed by atoms with van der Waals surface area (Å²) in [5.41, 5.74) is 1.17. The summed E-state index contributed by atoms with van der Waals surface area (Å²) in [7, 11) is 1.53. The molecule has 1 aliphatic rings. The Bertz CT molecular complexity index is 809. The number of nitrogens with one attached hydrogen (secondary N) is 2. The highest BCUT2D eigenvalue weighted by atomic mass is 35.5. The Balaban J connectivity index is 1.66. The van der Waals surface area contributed by atoms with E-state index in [4.69, 9.17) is 21.1 Å². The number of ether oxygens (including phenoxy) is 2. The van der Waals surface area contributed by atoms with E-state index in [2.05, 4.69) is 10.6 Å². The maximum atomic E-state index is 12.3. The molecule has 130 valence electrons. The van der Waals surface area contributed by atoms with Crippen LogP contribution in [-0.2, 0) is 9.59 Å². The molecule has 0 bridgehead atoms. The first kappa shape index (κ1) is 17.1. The lowest BCUT2D eigenvalue weighted by Crippen LogP contribution is -2.29. The van der Waals surface area contributed by atoms with E-state index in [0.29, 0.717) is 28.8 Å². The number of para-hydroxylation sites is 2. The predicted molar refractivity (Wildman–Crippen MR) is 95.3 cm³/mol. The highest BCUT2D eigenvalue weighted by Gasteiger charge is 2.27. The fourth-order valence-electron chi connectivity index (χ4n) is 2.52. The molecule has 3 rings (SSSR count). The van der Waals surface area contributed by atoms with Gasteiger partial charge in [0, 0.05) is 19.0 Å². The second kappa shape index (κ2) is 7.44. The van der Waals surface area contributed by atoms with Crippen molar-refractivity contribution in [1.29, 1.82) is 0 Å². The van der Waals surface area contributed by atoms with Gasteiger partial charge in [0.2, 0.25) is 5.91 Å². The van der Waals surface area contributed by atoms with Crippen LogP contribution in [0.4, 0.5) is 11.4 Å². The number of halogens is 1. The summed E-state index contributed by atoms with van der Waals surface area (Å²) < 4.78 is 10.5. The Kier molecular flexibility index (Phi) is 5.09. The van der Waals surface area contributed by atoms with Crippen molar-refractivity contribution in [1.82, 2.24) is 0 Å². The number of hydrogen-bond acceptors (Lipinski definition) is 5. The Morgan fingerprint density at radius 3 is 2.96 bits per heavy atom. The SMILES string of the molecule is COc1ccc(Cl)c(NC(=O)CC2CNc3ccccc3OC2=O)c1. The average molecular weight is 361 g/mol. The molecule has 0 aromatic heterocycles. The normalized spacial score (nSPS) is 16.1. The number of carbonyl (C=O) groups is 2. The summed E-state index contributed by atoms with van der Waals surface area (Å²) in [4.78, 5) is 24.6. The van der Waals surface area contributed by atoms with Crippen molar-refractivity contribution in [3.8, 4) is 11.5 Å². The first-order chi connectivity index (χ1) is 12.1. The van der Waals surface area contributed by atoms with Crippen LogP contribution in [0.25, 0.3) is 0 Å². The van der Waals surface area contributed by atoms with E-state index in [-0.39, 0.29) is 12.3 Å². The Hall–Kier alpha value is -2.73. The first-order valence-corrected chi connectivity index (χ1v) is 8.12. The van der Waals surface area contributed by atoms with Gasteiger partial charge in [-0.2, -0.15) is 0 Å². The molecular formula is C18H17ClN2O4. The minimum atomic E-state index is -0.600. The van der Waals surface area contributed by atoms with E-state index in [9.17, 15) is 9.59 Å². The Morgan fingerprint density at radius 2 is 2.16 bits per heavy atom. The molecule has 1 heterocycles. The highest BCUT2D eigenvalue weighted by molar-refractivity contribution is 6.33. The van der Waals surface area contributed by atoms with Crippen LogP contribution in [0.5, 0.6) is 11.5 Å². The lowest BCUT2D eigenvalue weighted by Gasteiger charge is -2.13. The van der Waals surface area contributed by atoms with Gasteiger partial charge in [-0.05, 0) is 24.3 Å². The van der Waals surface area contributed by atoms with Crippen molar-refractivity contribution in [3.63, 3.8) is 0 Å². The third kappa shape index (κ3) is 4.03. The molecule has 0 saturated heterocycles. The van der Waals surface area contributed by atoms with E-state index in [1.807, 2.05) is 12.1 Å². The largest absolute Gasteiger partial charge is 0.497 e. The van der Waals surface area contributed by atoms with Crippen LogP contribution in [0.3, 0.4) is 0 Å². The van der Waals surface area contributed by atoms with Crippen LogP contribution < -0.4 is 20.1 Å². The summed E-state index contributed by atoms with van der Waals surface area (Å²) in [6.07, 6.45) is -0.0205. The van der Waals surface area contributed by atoms with Gasteiger partial charge in [-0.3, -0.25) is 9.59 Å². The molecule has 0 saturated carbocycles. The third-order valence-corrected chi connectivity index (χ3v) is 4.18. The molecule has 1 unspecified atom stereocenters. The molecule has 0 radical (unpaired) electrons. The number of esters is 1. The Morgan fingerprint density at radius 1 is 1.36 bits per heavy atom. The molecule has 7 heteroatoms. The molecule has 1 aliphatic heterocycles. The fourth-order valence-corrected chi connectivity index (χ4v) is 2.68. The minimum Gasteiger partial charge on any atom is -0.497 e. The second-order valence-electron chi connectivity index (χ2n) is 5.59. The summed E-state index contributed by atoms with van der Waals surface area (Å²) in [5, 5.41) is 6.23. The highest BCUT2D eigenvalue weighted by Crippen LogP contribution is 2.29. The van der Waals surface area contributed by atoms with E-state index in [1.165, 1.54) is 7.11 Å². The zero-order valence-corrected chi connectivity index (χ0v) is 14.3. The first-order valence-electron chi connectivity index (χ1n) is 7.75. The quantitative estimate of drug-likeness (QED) is 0.646. The van der Waals surface area contributed by atoms with E-state index in [0.717, 1.165) is 5.69 Å². The van der Waals surface area contributed by atoms with Gasteiger partial charge in [-0.15, -0.1) is 0 Å². The average Bonchev–Trinajstić information content (AvgIpc) is 2.76. The molecule has 6 nitrogen and oxygen atoms in total. The molecule has 0 fully saturated rings. The Labute approximate surface area is 150 Å². The zero-order chi connectivity index (χ0) is 17.8. The molecular weight excluding hydrogens is 344 g/mol. The molecule has 2 aromatic carbocycles. The monoisotopic (exact) mass is 360 g/mol. The van der Waals surface area contributed by atoms with E-state index < -0.39 is 11.9 Å². The number of fused-ring (bicyclic) bond motifs is 1. The second-order valence-corrected chi connectivity index (χ2v) is 6.00. The number of benzene rings is 2. The van der Waals surface area contributed by atoms with Crippen molar-refractivity contribution in [3.05, 3.63) is 47.5 Å². The predicted octanol–water partition coefficient (Wildman–Crippen LogP) is 3.32. The molecule has 0 aliphatic carbocycles. The maximum Gasteiger partial charge on any atom is 0.316 e. The van der Waals surface area contributed by atoms with Crippen molar-refractivity contribution >= 4 is 34.9 Å². The fraction of sp³-hybridized carbons (Fsp3) is 0.222. The van der Waals surface area contributed by atoms with Gasteiger partial charge < -0.3 is 20.1 Å². The van der Waals surface area contributed by atoms with Gasteiger partial charge in [0.15, 0.2) is 5.75 Å². The summed E-state index contributed by atoms with van der Waals surface area (Å²) >= 11 is 6.08. The van der Waals surface area contributed by atoms with Crippen LogP contribution in [0, 0.1) is 5.92 Å². The van der Waals surface area contributed by atoms with Gasteiger partial charge in [0.25, 0.3) is 0 Å². The number of rotatable bonds is 4. The minimum absolute atomic E-state index is 0.0205. The topological polar surface area (TPSA) is 76.7 Å². The standard InChI is InChI=1S/C18H17ClN2O4/c1-24-12-6-7-13(19)15(9-12)21-17(22)8-11-10-20-14-4-2-3-5-16(14)25-18(11)23/h2-7,9,11,20H,8,10H2,1H3,(H,21,22). The van der Waals surface area contributed by atoms with Crippen LogP contribution in [-0.4, -0.2) is 25.5 Å². The summed E-state index contributed by atoms with van der Waals surface area (Å²) in [5.74, 6) is -0.331. The van der Waals surface area contributed by atoms with Crippen LogP contribution >= 0.6 is 11.6 Å². The number of amides is 1.